The summed E-state index contributed by atoms with van der Waals surface area (Å²) in [4.78, 5) is 33.3. The number of carbonyl (C=O) groups excluding carboxylic acids is 2. The van der Waals surface area contributed by atoms with Gasteiger partial charge in [-0.05, 0) is 42.0 Å². The van der Waals surface area contributed by atoms with Gasteiger partial charge in [-0.25, -0.2) is 13.4 Å². The van der Waals surface area contributed by atoms with Gasteiger partial charge in [-0.3, -0.25) is 18.8 Å². The normalized spacial score (nSPS) is 17.9. The van der Waals surface area contributed by atoms with Gasteiger partial charge < -0.3 is 9.64 Å². The lowest BCUT2D eigenvalue weighted by Crippen LogP contribution is -2.54. The van der Waals surface area contributed by atoms with E-state index in [1.807, 2.05) is 4.90 Å². The number of ether oxygens (including phenoxy) is 1. The molecule has 0 bridgehead atoms. The number of piperazine rings is 1. The molecule has 0 unspecified atom stereocenters. The zero-order valence-corrected chi connectivity index (χ0v) is 24.5. The van der Waals surface area contributed by atoms with Crippen molar-refractivity contribution in [3.8, 4) is 5.88 Å². The van der Waals surface area contributed by atoms with E-state index in [2.05, 4.69) is 4.98 Å². The Morgan fingerprint density at radius 2 is 1.80 bits per heavy atom. The van der Waals surface area contributed by atoms with Gasteiger partial charge in [0.15, 0.2) is 5.78 Å². The first-order valence-electron chi connectivity index (χ1n) is 12.4. The summed E-state index contributed by atoms with van der Waals surface area (Å²) in [5.41, 5.74) is 0.837. The van der Waals surface area contributed by atoms with Crippen molar-refractivity contribution in [1.29, 1.82) is 0 Å². The average Bonchev–Trinajstić information content (AvgIpc) is 2.90. The molecule has 1 atom stereocenters. The Balaban J connectivity index is 1.48. The van der Waals surface area contributed by atoms with Crippen LogP contribution in [-0.2, 0) is 21.2 Å². The molecule has 0 radical (unpaired) electrons. The van der Waals surface area contributed by atoms with E-state index in [-0.39, 0.29) is 68.3 Å². The van der Waals surface area contributed by atoms with E-state index in [1.165, 1.54) is 22.6 Å². The van der Waals surface area contributed by atoms with E-state index < -0.39 is 16.1 Å². The van der Waals surface area contributed by atoms with E-state index in [1.54, 1.807) is 48.3 Å². The maximum Gasteiger partial charge on any atom is 0.264 e. The van der Waals surface area contributed by atoms with Crippen molar-refractivity contribution in [3.63, 3.8) is 0 Å². The van der Waals surface area contributed by atoms with Gasteiger partial charge in [0.1, 0.15) is 11.8 Å². The Morgan fingerprint density at radius 1 is 1.07 bits per heavy atom. The Kier molecular flexibility index (Phi) is 8.26. The fourth-order valence-electron chi connectivity index (χ4n) is 4.69. The predicted octanol–water partition coefficient (Wildman–Crippen LogP) is 4.20. The Morgan fingerprint density at radius 3 is 2.50 bits per heavy atom. The average molecular weight is 624 g/mol. The Labute approximate surface area is 247 Å². The summed E-state index contributed by atoms with van der Waals surface area (Å²) in [5.74, 6) is -0.248. The zero-order valence-electron chi connectivity index (χ0n) is 21.4. The number of aromatic nitrogens is 1. The minimum Gasteiger partial charge on any atom is -0.470 e. The number of rotatable bonds is 7. The molecule has 1 saturated heterocycles. The van der Waals surface area contributed by atoms with Crippen LogP contribution < -0.4 is 9.04 Å². The molecule has 1 fully saturated rings. The van der Waals surface area contributed by atoms with Gasteiger partial charge in [0.05, 0.1) is 33.6 Å². The van der Waals surface area contributed by atoms with Gasteiger partial charge in [0.2, 0.25) is 11.8 Å². The third-order valence-corrected chi connectivity index (χ3v) is 9.43. The molecule has 0 saturated carbocycles. The molecule has 9 nitrogen and oxygen atoms in total. The number of ketones is 1. The van der Waals surface area contributed by atoms with Gasteiger partial charge in [-0.15, -0.1) is 0 Å². The van der Waals surface area contributed by atoms with Gasteiger partial charge in [-0.1, -0.05) is 46.9 Å². The number of likely N-dealkylation sites (N-methyl/N-ethyl adjacent to an activating group) is 1. The summed E-state index contributed by atoms with van der Waals surface area (Å²) in [6, 6.07) is 12.4. The summed E-state index contributed by atoms with van der Waals surface area (Å²) < 4.78 is 35.1. The molecule has 2 aromatic carbocycles. The van der Waals surface area contributed by atoms with Crippen LogP contribution in [0.4, 0.5) is 5.69 Å². The minimum absolute atomic E-state index is 0.00528. The van der Waals surface area contributed by atoms with Crippen molar-refractivity contribution in [2.24, 2.45) is 0 Å². The Bertz CT molecular complexity index is 1570. The number of anilines is 1. The molecule has 2 aliphatic heterocycles. The third kappa shape index (κ3) is 5.91. The number of halogens is 3. The number of benzene rings is 2. The number of hydrogen-bond acceptors (Lipinski definition) is 7. The molecule has 210 valence electrons. The van der Waals surface area contributed by atoms with E-state index >= 15 is 0 Å². The van der Waals surface area contributed by atoms with Crippen molar-refractivity contribution in [2.75, 3.05) is 44.1 Å². The van der Waals surface area contributed by atoms with Gasteiger partial charge >= 0.3 is 0 Å². The number of hydrogen-bond donors (Lipinski definition) is 0. The largest absolute Gasteiger partial charge is 0.470 e. The van der Waals surface area contributed by atoms with E-state index in [9.17, 15) is 18.0 Å². The van der Waals surface area contributed by atoms with Gasteiger partial charge in [-0.2, -0.15) is 0 Å². The van der Waals surface area contributed by atoms with Crippen LogP contribution >= 0.6 is 34.8 Å². The second-order valence-electron chi connectivity index (χ2n) is 9.65. The van der Waals surface area contributed by atoms with E-state index in [0.29, 0.717) is 25.2 Å². The quantitative estimate of drug-likeness (QED) is 0.364. The summed E-state index contributed by atoms with van der Waals surface area (Å²) in [6.45, 7) is 1.71. The van der Waals surface area contributed by atoms with Gasteiger partial charge in [0, 0.05) is 44.3 Å². The predicted molar refractivity (Wildman–Crippen MR) is 153 cm³/mol. The summed E-state index contributed by atoms with van der Waals surface area (Å²) >= 11 is 18.5. The van der Waals surface area contributed by atoms with Crippen LogP contribution in [0, 0.1) is 0 Å². The monoisotopic (exact) mass is 622 g/mol. The number of fused-ring (bicyclic) bond motifs is 1. The summed E-state index contributed by atoms with van der Waals surface area (Å²) in [5, 5.41) is 0.723. The highest BCUT2D eigenvalue weighted by atomic mass is 35.5. The first kappa shape index (κ1) is 28.6. The number of carbonyl (C=O) groups is 2. The molecule has 1 aromatic heterocycles. The highest BCUT2D eigenvalue weighted by Crippen LogP contribution is 2.37. The van der Waals surface area contributed by atoms with Crippen molar-refractivity contribution in [3.05, 3.63) is 80.9 Å². The van der Waals surface area contributed by atoms with Crippen LogP contribution in [0.2, 0.25) is 15.1 Å². The standard InChI is InChI=1S/C27H25Cl3N4O5S/c1-32-8-9-33(16-25(32)36)14-19-15-34(40(37,38)20-5-2-4-18(28)12-20)23-10-17(13-31-27(23)39-19)11-24(35)26-21(29)6-3-7-22(26)30/h2-7,10,12-13,19H,8-9,11,14-16H2,1H3/t19-/m0/s1. The molecule has 0 aliphatic carbocycles. The van der Waals surface area contributed by atoms with Crippen molar-refractivity contribution < 1.29 is 22.7 Å². The Hall–Kier alpha value is -2.89. The smallest absolute Gasteiger partial charge is 0.264 e. The second-order valence-corrected chi connectivity index (χ2v) is 12.8. The van der Waals surface area contributed by atoms with E-state index in [4.69, 9.17) is 39.5 Å². The van der Waals surface area contributed by atoms with Crippen LogP contribution in [0.15, 0.2) is 59.6 Å². The number of pyridine rings is 1. The van der Waals surface area contributed by atoms with E-state index in [0.717, 1.165) is 0 Å². The number of amides is 1. The first-order chi connectivity index (χ1) is 19.0. The fraction of sp³-hybridized carbons (Fsp3) is 0.296. The lowest BCUT2D eigenvalue weighted by atomic mass is 10.0. The lowest BCUT2D eigenvalue weighted by molar-refractivity contribution is -0.134. The summed E-state index contributed by atoms with van der Waals surface area (Å²) in [7, 11) is -2.35. The maximum absolute atomic E-state index is 13.9. The molecule has 13 heteroatoms. The molecule has 0 N–H and O–H groups in total. The topological polar surface area (TPSA) is 100 Å². The highest BCUT2D eigenvalue weighted by Gasteiger charge is 2.37. The molecular weight excluding hydrogens is 599 g/mol. The number of nitrogens with zero attached hydrogens (tertiary/aromatic N) is 4. The molecule has 40 heavy (non-hydrogen) atoms. The zero-order chi connectivity index (χ0) is 28.6. The minimum atomic E-state index is -4.09. The van der Waals surface area contributed by atoms with Crippen LogP contribution in [0.3, 0.4) is 0 Å². The van der Waals surface area contributed by atoms with Crippen LogP contribution in [0.5, 0.6) is 5.88 Å². The SMILES string of the molecule is CN1CCN(C[C@H]2CN(S(=O)(=O)c3cccc(Cl)c3)c3cc(CC(=O)c4c(Cl)cccc4Cl)cnc3O2)CC1=O. The molecule has 2 aliphatic rings. The van der Waals surface area contributed by atoms with Crippen molar-refractivity contribution >= 4 is 62.2 Å². The van der Waals surface area contributed by atoms with Crippen molar-refractivity contribution in [1.82, 2.24) is 14.8 Å². The number of Topliss-reactive ketones (excluding diaryl/α,β-unsaturated/α-hetero) is 1. The number of sulfonamides is 1. The molecule has 3 aromatic rings. The van der Waals surface area contributed by atoms with Crippen molar-refractivity contribution in [2.45, 2.75) is 17.4 Å². The summed E-state index contributed by atoms with van der Waals surface area (Å²) in [6.07, 6.45) is 0.759. The van der Waals surface area contributed by atoms with Crippen LogP contribution in [-0.4, -0.2) is 80.8 Å². The molecule has 0 spiro atoms. The lowest BCUT2D eigenvalue weighted by Gasteiger charge is -2.38. The molecule has 5 rings (SSSR count). The fourth-order valence-corrected chi connectivity index (χ4v) is 7.09. The maximum atomic E-state index is 13.9. The first-order valence-corrected chi connectivity index (χ1v) is 15.0. The molecular formula is C27H25Cl3N4O5S. The highest BCUT2D eigenvalue weighted by molar-refractivity contribution is 7.92. The third-order valence-electron chi connectivity index (χ3n) is 6.79. The van der Waals surface area contributed by atoms with Crippen LogP contribution in [0.1, 0.15) is 15.9 Å². The second kappa shape index (κ2) is 11.5. The van der Waals surface area contributed by atoms with Gasteiger partial charge in [0.25, 0.3) is 10.0 Å². The molecule has 3 heterocycles. The van der Waals surface area contributed by atoms with Crippen LogP contribution in [0.25, 0.3) is 0 Å². The molecule has 1 amide bonds.